The van der Waals surface area contributed by atoms with Crippen LogP contribution in [0, 0.1) is 6.92 Å². The molecule has 0 aliphatic carbocycles. The molecule has 0 spiro atoms. The minimum Gasteiger partial charge on any atom is -0.348 e. The standard InChI is InChI=1S/C20H25ClN2O3S/c1-5-19(20(24)22-15(3)16-9-7-6-8-10-16)23(27(4,25)26)17-12-11-14(2)18(21)13-17/h6-13,15,19H,5H2,1-4H3,(H,22,24)/t15-,19?/m0/s1. The summed E-state index contributed by atoms with van der Waals surface area (Å²) < 4.78 is 26.1. The van der Waals surface area contributed by atoms with E-state index in [0.29, 0.717) is 17.1 Å². The van der Waals surface area contributed by atoms with Crippen LogP contribution in [0.5, 0.6) is 0 Å². The first-order valence-corrected chi connectivity index (χ1v) is 11.0. The van der Waals surface area contributed by atoms with Gasteiger partial charge in [-0.2, -0.15) is 0 Å². The Kier molecular flexibility index (Phi) is 6.89. The highest BCUT2D eigenvalue weighted by Crippen LogP contribution is 2.28. The van der Waals surface area contributed by atoms with E-state index in [-0.39, 0.29) is 11.9 Å². The lowest BCUT2D eigenvalue weighted by Crippen LogP contribution is -2.49. The first-order chi connectivity index (χ1) is 12.6. The molecule has 0 fully saturated rings. The number of carbonyl (C=O) groups excluding carboxylic acids is 1. The Balaban J connectivity index is 2.34. The number of aryl methyl sites for hydroxylation is 1. The number of anilines is 1. The fourth-order valence-corrected chi connectivity index (χ4v) is 4.29. The van der Waals surface area contributed by atoms with Crippen molar-refractivity contribution in [2.45, 2.75) is 39.3 Å². The fraction of sp³-hybridized carbons (Fsp3) is 0.350. The first-order valence-electron chi connectivity index (χ1n) is 8.76. The monoisotopic (exact) mass is 408 g/mol. The minimum absolute atomic E-state index is 0.240. The van der Waals surface area contributed by atoms with Crippen molar-refractivity contribution in [1.29, 1.82) is 0 Å². The second-order valence-corrected chi connectivity index (χ2v) is 8.82. The molecule has 0 radical (unpaired) electrons. The van der Waals surface area contributed by atoms with Crippen LogP contribution < -0.4 is 9.62 Å². The summed E-state index contributed by atoms with van der Waals surface area (Å²) in [6.07, 6.45) is 1.42. The normalized spacial score (nSPS) is 13.7. The molecule has 1 N–H and O–H groups in total. The first kappa shape index (κ1) is 21.3. The zero-order chi connectivity index (χ0) is 20.2. The SMILES string of the molecule is CCC(C(=O)N[C@@H](C)c1ccccc1)N(c1ccc(C)c(Cl)c1)S(C)(=O)=O. The highest BCUT2D eigenvalue weighted by molar-refractivity contribution is 7.92. The van der Waals surface area contributed by atoms with Crippen LogP contribution in [0.3, 0.4) is 0 Å². The third kappa shape index (κ3) is 5.23. The van der Waals surface area contributed by atoms with E-state index in [2.05, 4.69) is 5.32 Å². The number of nitrogens with one attached hydrogen (secondary N) is 1. The van der Waals surface area contributed by atoms with Crippen molar-refractivity contribution in [3.05, 3.63) is 64.7 Å². The zero-order valence-corrected chi connectivity index (χ0v) is 17.5. The number of nitrogens with zero attached hydrogens (tertiary/aromatic N) is 1. The van der Waals surface area contributed by atoms with Crippen LogP contribution in [-0.2, 0) is 14.8 Å². The Bertz CT molecular complexity index is 901. The largest absolute Gasteiger partial charge is 0.348 e. The van der Waals surface area contributed by atoms with Gasteiger partial charge in [0.25, 0.3) is 0 Å². The average molecular weight is 409 g/mol. The Morgan fingerprint density at radius 2 is 1.81 bits per heavy atom. The summed E-state index contributed by atoms with van der Waals surface area (Å²) in [6.45, 7) is 5.49. The molecule has 2 atom stereocenters. The van der Waals surface area contributed by atoms with Gasteiger partial charge in [0.15, 0.2) is 0 Å². The smallest absolute Gasteiger partial charge is 0.244 e. The molecule has 0 aromatic heterocycles. The number of rotatable bonds is 7. The molecule has 146 valence electrons. The van der Waals surface area contributed by atoms with Gasteiger partial charge in [-0.25, -0.2) is 8.42 Å². The van der Waals surface area contributed by atoms with Crippen LogP contribution in [0.1, 0.15) is 37.4 Å². The van der Waals surface area contributed by atoms with Crippen molar-refractivity contribution < 1.29 is 13.2 Å². The van der Waals surface area contributed by atoms with Gasteiger partial charge in [-0.15, -0.1) is 0 Å². The van der Waals surface area contributed by atoms with Crippen LogP contribution in [0.15, 0.2) is 48.5 Å². The van der Waals surface area contributed by atoms with Crippen LogP contribution in [0.25, 0.3) is 0 Å². The summed E-state index contributed by atoms with van der Waals surface area (Å²) in [5, 5.41) is 3.37. The maximum atomic E-state index is 12.9. The summed E-state index contributed by atoms with van der Waals surface area (Å²) in [4.78, 5) is 12.9. The highest BCUT2D eigenvalue weighted by atomic mass is 35.5. The lowest BCUT2D eigenvalue weighted by atomic mass is 10.1. The van der Waals surface area contributed by atoms with Crippen LogP contribution in [-0.4, -0.2) is 26.6 Å². The lowest BCUT2D eigenvalue weighted by Gasteiger charge is -2.31. The van der Waals surface area contributed by atoms with Crippen molar-refractivity contribution in [3.8, 4) is 0 Å². The van der Waals surface area contributed by atoms with E-state index in [0.717, 1.165) is 21.7 Å². The number of halogens is 1. The van der Waals surface area contributed by atoms with E-state index in [9.17, 15) is 13.2 Å². The molecule has 5 nitrogen and oxygen atoms in total. The van der Waals surface area contributed by atoms with Gasteiger partial charge < -0.3 is 5.32 Å². The molecule has 2 aromatic carbocycles. The summed E-state index contributed by atoms with van der Waals surface area (Å²) in [5.74, 6) is -0.351. The molecular weight excluding hydrogens is 384 g/mol. The van der Waals surface area contributed by atoms with Gasteiger partial charge in [0.2, 0.25) is 15.9 Å². The summed E-state index contributed by atoms with van der Waals surface area (Å²) in [6, 6.07) is 13.4. The molecule has 1 unspecified atom stereocenters. The number of sulfonamides is 1. The molecule has 0 saturated heterocycles. The minimum atomic E-state index is -3.69. The third-order valence-corrected chi connectivity index (χ3v) is 5.99. The highest BCUT2D eigenvalue weighted by Gasteiger charge is 2.32. The third-order valence-electron chi connectivity index (χ3n) is 4.40. The molecule has 0 bridgehead atoms. The number of carbonyl (C=O) groups is 1. The quantitative estimate of drug-likeness (QED) is 0.750. The van der Waals surface area contributed by atoms with E-state index in [4.69, 9.17) is 11.6 Å². The lowest BCUT2D eigenvalue weighted by molar-refractivity contribution is -0.122. The number of amides is 1. The molecule has 2 rings (SSSR count). The van der Waals surface area contributed by atoms with Crippen LogP contribution in [0.4, 0.5) is 5.69 Å². The van der Waals surface area contributed by atoms with Gasteiger partial charge >= 0.3 is 0 Å². The van der Waals surface area contributed by atoms with Crippen molar-refractivity contribution in [2.24, 2.45) is 0 Å². The summed E-state index contributed by atoms with van der Waals surface area (Å²) >= 11 is 6.18. The number of hydrogen-bond acceptors (Lipinski definition) is 3. The molecule has 1 amide bonds. The Morgan fingerprint density at radius 1 is 1.19 bits per heavy atom. The maximum absolute atomic E-state index is 12.9. The van der Waals surface area contributed by atoms with E-state index < -0.39 is 16.1 Å². The van der Waals surface area contributed by atoms with Crippen molar-refractivity contribution >= 4 is 33.2 Å². The molecular formula is C20H25ClN2O3S. The Labute approximate surface area is 166 Å². The second-order valence-electron chi connectivity index (χ2n) is 6.56. The van der Waals surface area contributed by atoms with Gasteiger partial charge in [0.05, 0.1) is 18.0 Å². The van der Waals surface area contributed by atoms with Gasteiger partial charge in [0, 0.05) is 5.02 Å². The van der Waals surface area contributed by atoms with Gasteiger partial charge in [-0.05, 0) is 43.5 Å². The molecule has 0 heterocycles. The fourth-order valence-electron chi connectivity index (χ4n) is 2.91. The van der Waals surface area contributed by atoms with Crippen molar-refractivity contribution in [3.63, 3.8) is 0 Å². The predicted molar refractivity (Wildman–Crippen MR) is 111 cm³/mol. The van der Waals surface area contributed by atoms with Crippen LogP contribution in [0.2, 0.25) is 5.02 Å². The molecule has 2 aromatic rings. The van der Waals surface area contributed by atoms with Crippen LogP contribution >= 0.6 is 11.6 Å². The molecule has 0 aliphatic heterocycles. The molecule has 7 heteroatoms. The summed E-state index contributed by atoms with van der Waals surface area (Å²) in [7, 11) is -3.69. The topological polar surface area (TPSA) is 66.5 Å². The molecule has 0 saturated carbocycles. The Hall–Kier alpha value is -2.05. The van der Waals surface area contributed by atoms with E-state index >= 15 is 0 Å². The van der Waals surface area contributed by atoms with E-state index in [1.54, 1.807) is 25.1 Å². The number of hydrogen-bond donors (Lipinski definition) is 1. The maximum Gasteiger partial charge on any atom is 0.244 e. The predicted octanol–water partition coefficient (Wildman–Crippen LogP) is 4.07. The van der Waals surface area contributed by atoms with Gasteiger partial charge in [-0.3, -0.25) is 9.10 Å². The van der Waals surface area contributed by atoms with Crippen molar-refractivity contribution in [2.75, 3.05) is 10.6 Å². The second kappa shape index (κ2) is 8.76. The van der Waals surface area contributed by atoms with Gasteiger partial charge in [-0.1, -0.05) is 54.9 Å². The van der Waals surface area contributed by atoms with E-state index in [1.807, 2.05) is 44.2 Å². The summed E-state index contributed by atoms with van der Waals surface area (Å²) in [5.41, 5.74) is 2.16. The molecule has 27 heavy (non-hydrogen) atoms. The Morgan fingerprint density at radius 3 is 2.33 bits per heavy atom. The van der Waals surface area contributed by atoms with E-state index in [1.165, 1.54) is 0 Å². The zero-order valence-electron chi connectivity index (χ0n) is 15.9. The average Bonchev–Trinajstić information content (AvgIpc) is 2.61. The number of benzene rings is 2. The molecule has 0 aliphatic rings. The van der Waals surface area contributed by atoms with Gasteiger partial charge in [0.1, 0.15) is 6.04 Å². The van der Waals surface area contributed by atoms with Crippen molar-refractivity contribution in [1.82, 2.24) is 5.32 Å².